The van der Waals surface area contributed by atoms with Crippen LogP contribution >= 0.6 is 11.6 Å². The number of nitro benzene ring substituents is 1. The van der Waals surface area contributed by atoms with E-state index < -0.39 is 16.7 Å². The van der Waals surface area contributed by atoms with Crippen molar-refractivity contribution in [3.05, 3.63) is 105 Å². The van der Waals surface area contributed by atoms with Crippen LogP contribution in [0.25, 0.3) is 16.9 Å². The van der Waals surface area contributed by atoms with Crippen LogP contribution in [0.3, 0.4) is 0 Å². The Morgan fingerprint density at radius 1 is 1.05 bits per heavy atom. The number of benzene rings is 3. The molecule has 0 aliphatic heterocycles. The van der Waals surface area contributed by atoms with E-state index in [0.717, 1.165) is 5.56 Å². The van der Waals surface area contributed by atoms with Gasteiger partial charge in [-0.2, -0.15) is 5.10 Å². The Labute approximate surface area is 224 Å². The highest BCUT2D eigenvalue weighted by Crippen LogP contribution is 2.28. The van der Waals surface area contributed by atoms with E-state index in [9.17, 15) is 19.7 Å². The summed E-state index contributed by atoms with van der Waals surface area (Å²) in [5, 5.41) is 19.3. The van der Waals surface area contributed by atoms with Gasteiger partial charge in [0.05, 0.1) is 21.3 Å². The molecule has 0 aliphatic carbocycles. The summed E-state index contributed by atoms with van der Waals surface area (Å²) in [5.74, 6) is -0.562. The van der Waals surface area contributed by atoms with Gasteiger partial charge in [0.25, 0.3) is 11.6 Å². The lowest BCUT2D eigenvalue weighted by Crippen LogP contribution is -2.42. The summed E-state index contributed by atoms with van der Waals surface area (Å²) in [5.41, 5.74) is 2.49. The van der Waals surface area contributed by atoms with Gasteiger partial charge in [0.2, 0.25) is 5.91 Å². The fourth-order valence-electron chi connectivity index (χ4n) is 3.96. The van der Waals surface area contributed by atoms with Crippen molar-refractivity contribution in [3.63, 3.8) is 0 Å². The minimum atomic E-state index is -0.529. The van der Waals surface area contributed by atoms with Crippen LogP contribution in [0.4, 0.5) is 11.5 Å². The molecule has 0 saturated heterocycles. The zero-order chi connectivity index (χ0) is 27.4. The molecule has 38 heavy (non-hydrogen) atoms. The minimum Gasteiger partial charge on any atom is -0.327 e. The van der Waals surface area contributed by atoms with E-state index in [1.165, 1.54) is 23.1 Å². The number of anilines is 1. The molecule has 10 heteroatoms. The molecule has 194 valence electrons. The topological polar surface area (TPSA) is 110 Å². The highest BCUT2D eigenvalue weighted by Gasteiger charge is 2.25. The molecule has 0 atom stereocenters. The molecule has 0 saturated carbocycles. The van der Waals surface area contributed by atoms with Gasteiger partial charge < -0.3 is 10.2 Å². The molecule has 4 rings (SSSR count). The van der Waals surface area contributed by atoms with Gasteiger partial charge in [0, 0.05) is 34.9 Å². The molecule has 4 aromatic rings. The van der Waals surface area contributed by atoms with Gasteiger partial charge in [-0.15, -0.1) is 0 Å². The number of nitro groups is 1. The van der Waals surface area contributed by atoms with E-state index in [1.807, 2.05) is 36.4 Å². The van der Waals surface area contributed by atoms with E-state index in [4.69, 9.17) is 11.6 Å². The number of hydrogen-bond acceptors (Lipinski definition) is 5. The Balaban J connectivity index is 1.63. The van der Waals surface area contributed by atoms with Gasteiger partial charge in [0.1, 0.15) is 12.4 Å². The van der Waals surface area contributed by atoms with E-state index in [0.29, 0.717) is 27.8 Å². The van der Waals surface area contributed by atoms with Gasteiger partial charge in [-0.1, -0.05) is 60.1 Å². The summed E-state index contributed by atoms with van der Waals surface area (Å²) in [6, 6.07) is 22.3. The molecule has 1 aromatic heterocycles. The van der Waals surface area contributed by atoms with E-state index in [-0.39, 0.29) is 23.8 Å². The molecule has 9 nitrogen and oxygen atoms in total. The molecular weight excluding hydrogens is 506 g/mol. The number of nitrogens with zero attached hydrogens (tertiary/aromatic N) is 4. The van der Waals surface area contributed by atoms with Crippen molar-refractivity contribution in [2.24, 2.45) is 0 Å². The molecule has 0 spiro atoms. The third kappa shape index (κ3) is 5.73. The molecular formula is C28H26ClN5O4. The maximum absolute atomic E-state index is 13.3. The minimum absolute atomic E-state index is 0.135. The molecule has 3 aromatic carbocycles. The second-order valence-corrected chi connectivity index (χ2v) is 9.38. The van der Waals surface area contributed by atoms with Gasteiger partial charge in [0.15, 0.2) is 0 Å². The first-order chi connectivity index (χ1) is 18.2. The summed E-state index contributed by atoms with van der Waals surface area (Å²) in [4.78, 5) is 38.7. The Morgan fingerprint density at radius 3 is 2.39 bits per heavy atom. The number of halogens is 1. The summed E-state index contributed by atoms with van der Waals surface area (Å²) in [6.07, 6.45) is 0. The number of hydrogen-bond donors (Lipinski definition) is 1. The molecule has 0 bridgehead atoms. The SMILES string of the molecule is Cc1ccc(C(=O)N(CC(=O)Nc2cc(-c3ccccc3)nn2-c2ccccc2Cl)C(C)C)cc1[N+](=O)[O-]. The summed E-state index contributed by atoms with van der Waals surface area (Å²) >= 11 is 6.43. The summed E-state index contributed by atoms with van der Waals surface area (Å²) < 4.78 is 1.55. The van der Waals surface area contributed by atoms with Crippen LogP contribution in [0, 0.1) is 17.0 Å². The maximum atomic E-state index is 13.3. The predicted molar refractivity (Wildman–Crippen MR) is 147 cm³/mol. The number of aromatic nitrogens is 2. The lowest BCUT2D eigenvalue weighted by Gasteiger charge is -2.26. The van der Waals surface area contributed by atoms with Crippen molar-refractivity contribution in [2.45, 2.75) is 26.8 Å². The lowest BCUT2D eigenvalue weighted by molar-refractivity contribution is -0.385. The predicted octanol–water partition coefficient (Wildman–Crippen LogP) is 5.90. The first-order valence-corrected chi connectivity index (χ1v) is 12.3. The standard InChI is InChI=1S/C28H26ClN5O4/c1-18(2)32(28(36)21-14-13-19(3)25(15-21)34(37)38)17-27(35)30-26-16-23(20-9-5-4-6-10-20)31-33(26)24-12-8-7-11-22(24)29/h4-16,18H,17H2,1-3H3,(H,30,35). The highest BCUT2D eigenvalue weighted by molar-refractivity contribution is 6.32. The van der Waals surface area contributed by atoms with Crippen molar-refractivity contribution < 1.29 is 14.5 Å². The Kier molecular flexibility index (Phi) is 7.87. The van der Waals surface area contributed by atoms with Gasteiger partial charge in [-0.25, -0.2) is 4.68 Å². The molecule has 1 N–H and O–H groups in total. The fraction of sp³-hybridized carbons (Fsp3) is 0.179. The molecule has 2 amide bonds. The van der Waals surface area contributed by atoms with Crippen LogP contribution in [-0.4, -0.2) is 44.0 Å². The molecule has 0 aliphatic rings. The zero-order valence-electron chi connectivity index (χ0n) is 21.1. The van der Waals surface area contributed by atoms with E-state index in [1.54, 1.807) is 49.7 Å². The average molecular weight is 532 g/mol. The second kappa shape index (κ2) is 11.3. The number of aryl methyl sites for hydroxylation is 1. The quantitative estimate of drug-likeness (QED) is 0.225. The van der Waals surface area contributed by atoms with Crippen LogP contribution in [0.5, 0.6) is 0 Å². The first kappa shape index (κ1) is 26.6. The number of nitrogens with one attached hydrogen (secondary N) is 1. The molecule has 1 heterocycles. The van der Waals surface area contributed by atoms with Crippen molar-refractivity contribution >= 4 is 34.9 Å². The smallest absolute Gasteiger partial charge is 0.273 e. The number of amides is 2. The Bertz CT molecular complexity index is 1500. The third-order valence-corrected chi connectivity index (χ3v) is 6.30. The van der Waals surface area contributed by atoms with Gasteiger partial charge in [-0.05, 0) is 39.0 Å². The summed E-state index contributed by atoms with van der Waals surface area (Å²) in [7, 11) is 0. The van der Waals surface area contributed by atoms with E-state index in [2.05, 4.69) is 10.4 Å². The zero-order valence-corrected chi connectivity index (χ0v) is 21.8. The second-order valence-electron chi connectivity index (χ2n) is 8.98. The largest absolute Gasteiger partial charge is 0.327 e. The summed E-state index contributed by atoms with van der Waals surface area (Å²) in [6.45, 7) is 4.88. The maximum Gasteiger partial charge on any atom is 0.273 e. The highest BCUT2D eigenvalue weighted by atomic mass is 35.5. The van der Waals surface area contributed by atoms with Crippen molar-refractivity contribution in [1.29, 1.82) is 0 Å². The van der Waals surface area contributed by atoms with Crippen molar-refractivity contribution in [1.82, 2.24) is 14.7 Å². The molecule has 0 unspecified atom stereocenters. The van der Waals surface area contributed by atoms with Crippen LogP contribution in [0.2, 0.25) is 5.02 Å². The molecule has 0 radical (unpaired) electrons. The van der Waals surface area contributed by atoms with Crippen LogP contribution in [-0.2, 0) is 4.79 Å². The van der Waals surface area contributed by atoms with Crippen LogP contribution < -0.4 is 5.32 Å². The Morgan fingerprint density at radius 2 is 1.74 bits per heavy atom. The van der Waals surface area contributed by atoms with Crippen LogP contribution in [0.15, 0.2) is 78.9 Å². The van der Waals surface area contributed by atoms with E-state index >= 15 is 0 Å². The number of para-hydroxylation sites is 1. The van der Waals surface area contributed by atoms with Gasteiger partial charge >= 0.3 is 0 Å². The van der Waals surface area contributed by atoms with Crippen molar-refractivity contribution in [3.8, 4) is 16.9 Å². The fourth-order valence-corrected chi connectivity index (χ4v) is 4.17. The van der Waals surface area contributed by atoms with Crippen molar-refractivity contribution in [2.75, 3.05) is 11.9 Å². The monoisotopic (exact) mass is 531 g/mol. The van der Waals surface area contributed by atoms with Gasteiger partial charge in [-0.3, -0.25) is 19.7 Å². The lowest BCUT2D eigenvalue weighted by atomic mass is 10.1. The third-order valence-electron chi connectivity index (χ3n) is 5.98. The Hall–Kier alpha value is -4.50. The number of carbonyl (C=O) groups is 2. The normalized spacial score (nSPS) is 10.9. The average Bonchev–Trinajstić information content (AvgIpc) is 3.31. The van der Waals surface area contributed by atoms with Crippen LogP contribution in [0.1, 0.15) is 29.8 Å². The number of rotatable bonds is 8. The first-order valence-electron chi connectivity index (χ1n) is 11.9. The number of carbonyl (C=O) groups excluding carboxylic acids is 2. The molecule has 0 fully saturated rings.